The van der Waals surface area contributed by atoms with Gasteiger partial charge in [0.25, 0.3) is 0 Å². The molecule has 0 amide bonds. The lowest BCUT2D eigenvalue weighted by atomic mass is 10.1. The predicted molar refractivity (Wildman–Crippen MR) is 84.6 cm³/mol. The number of rotatable bonds is 3. The molecule has 0 aliphatic heterocycles. The Morgan fingerprint density at radius 3 is 2.65 bits per heavy atom. The summed E-state index contributed by atoms with van der Waals surface area (Å²) >= 11 is 0. The fraction of sp³-hybridized carbons (Fsp3) is 0.235. The molecule has 0 fully saturated rings. The highest BCUT2D eigenvalue weighted by Gasteiger charge is 2.11. The van der Waals surface area contributed by atoms with Crippen LogP contribution in [0.2, 0.25) is 0 Å². The number of nitrogens with two attached hydrogens (primary N) is 1. The van der Waals surface area contributed by atoms with Gasteiger partial charge >= 0.3 is 0 Å². The lowest BCUT2D eigenvalue weighted by molar-refractivity contribution is 0.796. The summed E-state index contributed by atoms with van der Waals surface area (Å²) in [5.41, 5.74) is 11.3. The second-order valence-corrected chi connectivity index (χ2v) is 4.98. The Kier molecular flexibility index (Phi) is 3.18. The van der Waals surface area contributed by atoms with E-state index in [9.17, 15) is 0 Å². The van der Waals surface area contributed by atoms with E-state index >= 15 is 0 Å². The predicted octanol–water partition coefficient (Wildman–Crippen LogP) is 3.87. The van der Waals surface area contributed by atoms with Crippen LogP contribution in [-0.4, -0.2) is 9.55 Å². The molecule has 0 aliphatic carbocycles. The van der Waals surface area contributed by atoms with Gasteiger partial charge in [0.2, 0.25) is 0 Å². The molecule has 3 rings (SSSR count). The molecule has 1 heterocycles. The zero-order valence-electron chi connectivity index (χ0n) is 11.9. The van der Waals surface area contributed by atoms with Gasteiger partial charge in [-0.25, -0.2) is 4.98 Å². The Bertz CT molecular complexity index is 756. The van der Waals surface area contributed by atoms with Crippen molar-refractivity contribution in [2.45, 2.75) is 26.8 Å². The lowest BCUT2D eigenvalue weighted by Gasteiger charge is -2.06. The first-order valence-corrected chi connectivity index (χ1v) is 7.08. The van der Waals surface area contributed by atoms with E-state index in [1.54, 1.807) is 0 Å². The monoisotopic (exact) mass is 265 g/mol. The van der Waals surface area contributed by atoms with Gasteiger partial charge in [0, 0.05) is 17.8 Å². The van der Waals surface area contributed by atoms with E-state index in [1.165, 1.54) is 11.1 Å². The normalized spacial score (nSPS) is 11.1. The van der Waals surface area contributed by atoms with Crippen molar-refractivity contribution in [1.82, 2.24) is 9.55 Å². The fourth-order valence-electron chi connectivity index (χ4n) is 2.61. The van der Waals surface area contributed by atoms with Crippen molar-refractivity contribution in [3.63, 3.8) is 0 Å². The largest absolute Gasteiger partial charge is 0.399 e. The third kappa shape index (κ3) is 2.05. The van der Waals surface area contributed by atoms with Gasteiger partial charge in [-0.05, 0) is 43.2 Å². The van der Waals surface area contributed by atoms with Crippen molar-refractivity contribution in [1.29, 1.82) is 0 Å². The summed E-state index contributed by atoms with van der Waals surface area (Å²) in [6.45, 7) is 5.20. The highest BCUT2D eigenvalue weighted by Crippen LogP contribution is 2.26. The first-order chi connectivity index (χ1) is 9.72. The highest BCUT2D eigenvalue weighted by molar-refractivity contribution is 5.81. The van der Waals surface area contributed by atoms with E-state index in [0.717, 1.165) is 35.6 Å². The molecule has 1 aromatic heterocycles. The second-order valence-electron chi connectivity index (χ2n) is 4.98. The minimum absolute atomic E-state index is 0.770. The van der Waals surface area contributed by atoms with Gasteiger partial charge in [-0.1, -0.05) is 25.1 Å². The Morgan fingerprint density at radius 1 is 1.10 bits per heavy atom. The number of fused-ring (bicyclic) bond motifs is 1. The minimum Gasteiger partial charge on any atom is -0.399 e. The summed E-state index contributed by atoms with van der Waals surface area (Å²) in [5, 5.41) is 0. The number of nitrogen functional groups attached to an aromatic ring is 1. The number of anilines is 1. The molecular weight excluding hydrogens is 246 g/mol. The van der Waals surface area contributed by atoms with Crippen LogP contribution in [0.1, 0.15) is 19.4 Å². The Hall–Kier alpha value is -2.29. The summed E-state index contributed by atoms with van der Waals surface area (Å²) in [5.74, 6) is 0.989. The molecule has 0 spiro atoms. The van der Waals surface area contributed by atoms with Crippen molar-refractivity contribution in [3.05, 3.63) is 48.0 Å². The Labute approximate surface area is 119 Å². The Balaban J connectivity index is 2.24. The topological polar surface area (TPSA) is 43.8 Å². The molecule has 2 aromatic carbocycles. The van der Waals surface area contributed by atoms with Crippen LogP contribution in [0, 0.1) is 0 Å². The Morgan fingerprint density at radius 2 is 1.95 bits per heavy atom. The SMILES string of the molecule is CCc1ccc2c(c1)nc(-c1cccc(N)c1)n2CC. The molecule has 0 aliphatic rings. The molecule has 2 N–H and O–H groups in total. The number of nitrogens with zero attached hydrogens (tertiary/aromatic N) is 2. The van der Waals surface area contributed by atoms with Crippen molar-refractivity contribution in [2.24, 2.45) is 0 Å². The fourth-order valence-corrected chi connectivity index (χ4v) is 2.61. The molecule has 20 heavy (non-hydrogen) atoms. The molecular formula is C17H19N3. The van der Waals surface area contributed by atoms with Crippen LogP contribution in [0.3, 0.4) is 0 Å². The van der Waals surface area contributed by atoms with Gasteiger partial charge in [0.15, 0.2) is 0 Å². The van der Waals surface area contributed by atoms with Crippen molar-refractivity contribution < 1.29 is 0 Å². The zero-order chi connectivity index (χ0) is 14.1. The van der Waals surface area contributed by atoms with Crippen LogP contribution < -0.4 is 5.73 Å². The van der Waals surface area contributed by atoms with E-state index in [4.69, 9.17) is 10.7 Å². The molecule has 3 aromatic rings. The van der Waals surface area contributed by atoms with Gasteiger partial charge in [-0.2, -0.15) is 0 Å². The van der Waals surface area contributed by atoms with Crippen LogP contribution in [0.25, 0.3) is 22.4 Å². The first-order valence-electron chi connectivity index (χ1n) is 7.08. The maximum Gasteiger partial charge on any atom is 0.141 e. The molecule has 0 saturated heterocycles. The van der Waals surface area contributed by atoms with E-state index in [-0.39, 0.29) is 0 Å². The number of hydrogen-bond donors (Lipinski definition) is 1. The van der Waals surface area contributed by atoms with E-state index in [2.05, 4.69) is 42.7 Å². The van der Waals surface area contributed by atoms with Gasteiger partial charge in [-0.15, -0.1) is 0 Å². The lowest BCUT2D eigenvalue weighted by Crippen LogP contribution is -1.98. The summed E-state index contributed by atoms with van der Waals surface area (Å²) in [7, 11) is 0. The van der Waals surface area contributed by atoms with Crippen LogP contribution in [0.15, 0.2) is 42.5 Å². The van der Waals surface area contributed by atoms with Crippen LogP contribution in [0.4, 0.5) is 5.69 Å². The van der Waals surface area contributed by atoms with Gasteiger partial charge in [0.05, 0.1) is 11.0 Å². The highest BCUT2D eigenvalue weighted by atomic mass is 15.1. The summed E-state index contributed by atoms with van der Waals surface area (Å²) in [6.07, 6.45) is 1.03. The zero-order valence-corrected chi connectivity index (χ0v) is 11.9. The maximum atomic E-state index is 5.89. The average molecular weight is 265 g/mol. The second kappa shape index (κ2) is 5.00. The summed E-state index contributed by atoms with van der Waals surface area (Å²) < 4.78 is 2.24. The van der Waals surface area contributed by atoms with Gasteiger partial charge in [0.1, 0.15) is 5.82 Å². The van der Waals surface area contributed by atoms with Crippen LogP contribution in [-0.2, 0) is 13.0 Å². The van der Waals surface area contributed by atoms with Crippen molar-refractivity contribution >= 4 is 16.7 Å². The number of benzene rings is 2. The van der Waals surface area contributed by atoms with Gasteiger partial charge < -0.3 is 10.3 Å². The molecule has 3 heteroatoms. The molecule has 102 valence electrons. The minimum atomic E-state index is 0.770. The molecule has 0 unspecified atom stereocenters. The number of aromatic nitrogens is 2. The molecule has 0 saturated carbocycles. The number of aryl methyl sites for hydroxylation is 2. The summed E-state index contributed by atoms with van der Waals surface area (Å²) in [4.78, 5) is 4.81. The quantitative estimate of drug-likeness (QED) is 0.731. The summed E-state index contributed by atoms with van der Waals surface area (Å²) in [6, 6.07) is 14.4. The third-order valence-corrected chi connectivity index (χ3v) is 3.68. The van der Waals surface area contributed by atoms with Crippen molar-refractivity contribution in [3.8, 4) is 11.4 Å². The van der Waals surface area contributed by atoms with E-state index in [0.29, 0.717) is 0 Å². The molecule has 0 atom stereocenters. The number of imidazole rings is 1. The molecule has 0 radical (unpaired) electrons. The number of hydrogen-bond acceptors (Lipinski definition) is 2. The van der Waals surface area contributed by atoms with Crippen molar-refractivity contribution in [2.75, 3.05) is 5.73 Å². The smallest absolute Gasteiger partial charge is 0.141 e. The maximum absolute atomic E-state index is 5.89. The van der Waals surface area contributed by atoms with Crippen LogP contribution >= 0.6 is 0 Å². The third-order valence-electron chi connectivity index (χ3n) is 3.68. The molecule has 3 nitrogen and oxygen atoms in total. The average Bonchev–Trinajstić information content (AvgIpc) is 2.84. The van der Waals surface area contributed by atoms with E-state index in [1.807, 2.05) is 18.2 Å². The molecule has 0 bridgehead atoms. The first kappa shape index (κ1) is 12.7. The van der Waals surface area contributed by atoms with Gasteiger partial charge in [-0.3, -0.25) is 0 Å². The van der Waals surface area contributed by atoms with E-state index < -0.39 is 0 Å². The standard InChI is InChI=1S/C17H19N3/c1-3-12-8-9-16-15(10-12)19-17(20(16)4-2)13-6-5-7-14(18)11-13/h5-11H,3-4,18H2,1-2H3. The van der Waals surface area contributed by atoms with Crippen LogP contribution in [0.5, 0.6) is 0 Å².